The third-order valence-corrected chi connectivity index (χ3v) is 4.58. The Morgan fingerprint density at radius 1 is 1.09 bits per heavy atom. The van der Waals surface area contributed by atoms with E-state index in [1.807, 2.05) is 0 Å². The lowest BCUT2D eigenvalue weighted by Gasteiger charge is -2.16. The van der Waals surface area contributed by atoms with E-state index in [4.69, 9.17) is 25.7 Å². The van der Waals surface area contributed by atoms with Crippen molar-refractivity contribution in [3.63, 3.8) is 0 Å². The second kappa shape index (κ2) is 9.60. The maximum Gasteiger partial charge on any atom is 0.269 e. The zero-order valence-corrected chi connectivity index (χ0v) is 17.4. The monoisotopic (exact) mass is 439 g/mol. The molecule has 1 heterocycles. The SMILES string of the molecule is COc1cc(Cc2cnc(N)nc2N)cc(OC)c1OCC(=O)c1ccc([N+](=O)[O-])cc1. The average molecular weight is 439 g/mol. The van der Waals surface area contributed by atoms with Crippen molar-refractivity contribution in [3.05, 3.63) is 69.4 Å². The minimum atomic E-state index is -0.536. The Bertz CT molecular complexity index is 1120. The van der Waals surface area contributed by atoms with E-state index in [9.17, 15) is 14.9 Å². The summed E-state index contributed by atoms with van der Waals surface area (Å²) in [5, 5.41) is 10.8. The molecule has 166 valence electrons. The number of carbonyl (C=O) groups excluding carboxylic acids is 1. The number of nitrogens with two attached hydrogens (primary N) is 2. The van der Waals surface area contributed by atoms with Gasteiger partial charge in [-0.05, 0) is 29.8 Å². The standard InChI is InChI=1S/C21H21N5O6/c1-30-17-8-12(7-14-10-24-21(23)25-20(14)22)9-18(31-2)19(17)32-11-16(27)13-3-5-15(6-4-13)26(28)29/h3-6,8-10H,7,11H2,1-2H3,(H4,22,23,24,25). The van der Waals surface area contributed by atoms with Crippen LogP contribution in [0.5, 0.6) is 17.2 Å². The molecule has 32 heavy (non-hydrogen) atoms. The third-order valence-electron chi connectivity index (χ3n) is 4.58. The van der Waals surface area contributed by atoms with Crippen LogP contribution in [0.2, 0.25) is 0 Å². The maximum atomic E-state index is 12.5. The first-order valence-corrected chi connectivity index (χ1v) is 9.34. The highest BCUT2D eigenvalue weighted by atomic mass is 16.6. The molecule has 0 atom stereocenters. The number of Topliss-reactive ketones (excluding diaryl/α,β-unsaturated/α-hetero) is 1. The van der Waals surface area contributed by atoms with Crippen molar-refractivity contribution in [1.82, 2.24) is 9.97 Å². The van der Waals surface area contributed by atoms with E-state index in [2.05, 4.69) is 9.97 Å². The van der Waals surface area contributed by atoms with E-state index in [1.165, 1.54) is 38.5 Å². The number of hydrogen-bond donors (Lipinski definition) is 2. The molecule has 0 fully saturated rings. The van der Waals surface area contributed by atoms with Gasteiger partial charge < -0.3 is 25.7 Å². The molecule has 4 N–H and O–H groups in total. The number of nitrogen functional groups attached to an aromatic ring is 2. The topological polar surface area (TPSA) is 166 Å². The zero-order valence-electron chi connectivity index (χ0n) is 17.4. The van der Waals surface area contributed by atoms with E-state index in [0.717, 1.165) is 5.56 Å². The van der Waals surface area contributed by atoms with E-state index < -0.39 is 4.92 Å². The van der Waals surface area contributed by atoms with Gasteiger partial charge in [0, 0.05) is 35.9 Å². The highest BCUT2D eigenvalue weighted by Gasteiger charge is 2.18. The molecule has 0 amide bonds. The van der Waals surface area contributed by atoms with E-state index in [1.54, 1.807) is 18.3 Å². The molecule has 11 heteroatoms. The van der Waals surface area contributed by atoms with Crippen LogP contribution in [0.3, 0.4) is 0 Å². The zero-order chi connectivity index (χ0) is 23.3. The molecule has 11 nitrogen and oxygen atoms in total. The van der Waals surface area contributed by atoms with Crippen molar-refractivity contribution in [1.29, 1.82) is 0 Å². The van der Waals surface area contributed by atoms with E-state index >= 15 is 0 Å². The highest BCUT2D eigenvalue weighted by molar-refractivity contribution is 5.97. The number of nitro benzene ring substituents is 1. The van der Waals surface area contributed by atoms with Crippen molar-refractivity contribution in [2.24, 2.45) is 0 Å². The van der Waals surface area contributed by atoms with Gasteiger partial charge >= 0.3 is 0 Å². The summed E-state index contributed by atoms with van der Waals surface area (Å²) in [7, 11) is 2.93. The van der Waals surface area contributed by atoms with Crippen molar-refractivity contribution in [3.8, 4) is 17.2 Å². The molecule has 0 unspecified atom stereocenters. The van der Waals surface area contributed by atoms with Crippen LogP contribution in [0.4, 0.5) is 17.5 Å². The summed E-state index contributed by atoms with van der Waals surface area (Å²) < 4.78 is 16.5. The van der Waals surface area contributed by atoms with Crippen LogP contribution in [0.1, 0.15) is 21.5 Å². The van der Waals surface area contributed by atoms with Gasteiger partial charge in [-0.2, -0.15) is 4.98 Å². The Labute approximate surface area is 183 Å². The fraction of sp³-hybridized carbons (Fsp3) is 0.190. The quantitative estimate of drug-likeness (QED) is 0.287. The first kappa shape index (κ1) is 22.3. The number of carbonyl (C=O) groups is 1. The molecular weight excluding hydrogens is 418 g/mol. The molecule has 0 aliphatic heterocycles. The Balaban J connectivity index is 1.80. The van der Waals surface area contributed by atoms with Gasteiger partial charge in [0.05, 0.1) is 19.1 Å². The lowest BCUT2D eigenvalue weighted by molar-refractivity contribution is -0.384. The fourth-order valence-corrected chi connectivity index (χ4v) is 2.96. The average Bonchev–Trinajstić information content (AvgIpc) is 2.79. The molecule has 0 saturated carbocycles. The van der Waals surface area contributed by atoms with Crippen LogP contribution in [-0.2, 0) is 6.42 Å². The summed E-state index contributed by atoms with van der Waals surface area (Å²) in [4.78, 5) is 30.6. The Kier molecular flexibility index (Phi) is 6.68. The Hall–Kier alpha value is -4.41. The van der Waals surface area contributed by atoms with Crippen molar-refractivity contribution in [2.75, 3.05) is 32.3 Å². The van der Waals surface area contributed by atoms with Crippen molar-refractivity contribution in [2.45, 2.75) is 6.42 Å². The van der Waals surface area contributed by atoms with Gasteiger partial charge in [0.1, 0.15) is 5.82 Å². The van der Waals surface area contributed by atoms with Crippen LogP contribution in [0, 0.1) is 10.1 Å². The van der Waals surface area contributed by atoms with Crippen LogP contribution in [0.15, 0.2) is 42.6 Å². The summed E-state index contributed by atoms with van der Waals surface area (Å²) in [6.45, 7) is -0.317. The van der Waals surface area contributed by atoms with Gasteiger partial charge in [0.2, 0.25) is 11.7 Å². The number of anilines is 2. The number of rotatable bonds is 9. The Morgan fingerprint density at radius 2 is 1.72 bits per heavy atom. The molecule has 0 bridgehead atoms. The van der Waals surface area contributed by atoms with Crippen LogP contribution < -0.4 is 25.7 Å². The molecular formula is C21H21N5O6. The van der Waals surface area contributed by atoms with E-state index in [-0.39, 0.29) is 41.2 Å². The minimum absolute atomic E-state index is 0.0860. The first-order valence-electron chi connectivity index (χ1n) is 9.34. The number of nitrogens with zero attached hydrogens (tertiary/aromatic N) is 3. The molecule has 2 aromatic carbocycles. The number of methoxy groups -OCH3 is 2. The maximum absolute atomic E-state index is 12.5. The number of ketones is 1. The van der Waals surface area contributed by atoms with Crippen molar-refractivity contribution < 1.29 is 23.9 Å². The summed E-state index contributed by atoms with van der Waals surface area (Å²) >= 11 is 0. The molecule has 0 aliphatic carbocycles. The number of hydrogen-bond acceptors (Lipinski definition) is 10. The minimum Gasteiger partial charge on any atom is -0.493 e. The lowest BCUT2D eigenvalue weighted by Crippen LogP contribution is -2.13. The van der Waals surface area contributed by atoms with Crippen molar-refractivity contribution >= 4 is 23.2 Å². The van der Waals surface area contributed by atoms with Gasteiger partial charge in [-0.15, -0.1) is 0 Å². The third kappa shape index (κ3) is 5.01. The molecule has 3 rings (SSSR count). The van der Waals surface area contributed by atoms with Gasteiger partial charge in [-0.25, -0.2) is 4.98 Å². The molecule has 1 aromatic heterocycles. The Morgan fingerprint density at radius 3 is 2.25 bits per heavy atom. The predicted octanol–water partition coefficient (Wildman–Crippen LogP) is 2.42. The van der Waals surface area contributed by atoms with Gasteiger partial charge in [0.25, 0.3) is 5.69 Å². The smallest absolute Gasteiger partial charge is 0.269 e. The van der Waals surface area contributed by atoms with E-state index in [0.29, 0.717) is 23.5 Å². The molecule has 0 aliphatic rings. The van der Waals surface area contributed by atoms with Crippen LogP contribution in [-0.4, -0.2) is 41.5 Å². The second-order valence-electron chi connectivity index (χ2n) is 6.66. The molecule has 0 spiro atoms. The highest BCUT2D eigenvalue weighted by Crippen LogP contribution is 2.39. The van der Waals surface area contributed by atoms with Gasteiger partial charge in [-0.1, -0.05) is 0 Å². The van der Waals surface area contributed by atoms with Gasteiger partial charge in [-0.3, -0.25) is 14.9 Å². The summed E-state index contributed by atoms with van der Waals surface area (Å²) in [6, 6.07) is 8.72. The normalized spacial score (nSPS) is 10.4. The number of aromatic nitrogens is 2. The largest absolute Gasteiger partial charge is 0.493 e. The summed E-state index contributed by atoms with van der Waals surface area (Å²) in [5.74, 6) is 0.944. The van der Waals surface area contributed by atoms with Crippen LogP contribution in [0.25, 0.3) is 0 Å². The number of nitro groups is 1. The predicted molar refractivity (Wildman–Crippen MR) is 116 cm³/mol. The second-order valence-corrected chi connectivity index (χ2v) is 6.66. The summed E-state index contributed by atoms with van der Waals surface area (Å²) in [6.07, 6.45) is 1.94. The molecule has 0 saturated heterocycles. The fourth-order valence-electron chi connectivity index (χ4n) is 2.96. The number of benzene rings is 2. The van der Waals surface area contributed by atoms with Crippen LogP contribution >= 0.6 is 0 Å². The van der Waals surface area contributed by atoms with Gasteiger partial charge in [0.15, 0.2) is 23.9 Å². The first-order chi connectivity index (χ1) is 15.3. The molecule has 3 aromatic rings. The number of ether oxygens (including phenoxy) is 3. The summed E-state index contributed by atoms with van der Waals surface area (Å²) in [5.41, 5.74) is 13.1. The number of non-ortho nitro benzene ring substituents is 1. The molecule has 0 radical (unpaired) electrons. The lowest BCUT2D eigenvalue weighted by atomic mass is 10.1.